The highest BCUT2D eigenvalue weighted by atomic mass is 35.6. The topological polar surface area (TPSA) is 43.4 Å². The number of benzene rings is 1. The average molecular weight is 310 g/mol. The number of ketones is 1. The maximum absolute atomic E-state index is 11.5. The molecule has 1 rings (SSSR count). The van der Waals surface area contributed by atoms with Gasteiger partial charge in [-0.15, -0.1) is 0 Å². The van der Waals surface area contributed by atoms with Crippen LogP contribution in [0.5, 0.6) is 0 Å². The fourth-order valence-electron chi connectivity index (χ4n) is 1.33. The zero-order valence-corrected chi connectivity index (χ0v) is 11.8. The van der Waals surface area contributed by atoms with Gasteiger partial charge in [-0.3, -0.25) is 9.59 Å². The van der Waals surface area contributed by atoms with Crippen molar-refractivity contribution in [2.45, 2.75) is 23.2 Å². The highest BCUT2D eigenvalue weighted by Gasteiger charge is 2.37. The van der Waals surface area contributed by atoms with Crippen LogP contribution in [0, 0.1) is 0 Å². The minimum atomic E-state index is -1.80. The van der Waals surface area contributed by atoms with Gasteiger partial charge in [-0.25, -0.2) is 0 Å². The van der Waals surface area contributed by atoms with E-state index in [2.05, 4.69) is 0 Å². The van der Waals surface area contributed by atoms with Crippen molar-refractivity contribution in [3.05, 3.63) is 35.9 Å². The smallest absolute Gasteiger partial charge is 0.314 e. The summed E-state index contributed by atoms with van der Waals surface area (Å²) in [6.45, 7) is 1.29. The minimum absolute atomic E-state index is 0.309. The predicted octanol–water partition coefficient (Wildman–Crippen LogP) is 3.62. The summed E-state index contributed by atoms with van der Waals surface area (Å²) < 4.78 is 3.26. The standard InChI is InChI=1S/C12H11Cl3O3/c1-8(16)7-10(17)18-11(12(13,14)15)9-5-3-2-4-6-9/h2-6,11H,7H2,1H3/t11-/m0/s1. The van der Waals surface area contributed by atoms with Gasteiger partial charge in [0.05, 0.1) is 0 Å². The van der Waals surface area contributed by atoms with Crippen molar-refractivity contribution >= 4 is 46.6 Å². The summed E-state index contributed by atoms with van der Waals surface area (Å²) >= 11 is 17.3. The van der Waals surface area contributed by atoms with Crippen LogP contribution in [0.4, 0.5) is 0 Å². The van der Waals surface area contributed by atoms with Crippen LogP contribution in [0.1, 0.15) is 25.0 Å². The second kappa shape index (κ2) is 6.41. The number of alkyl halides is 3. The van der Waals surface area contributed by atoms with Crippen LogP contribution < -0.4 is 0 Å². The highest BCUT2D eigenvalue weighted by molar-refractivity contribution is 6.68. The maximum atomic E-state index is 11.5. The first-order valence-electron chi connectivity index (χ1n) is 5.11. The van der Waals surface area contributed by atoms with E-state index in [9.17, 15) is 9.59 Å². The molecule has 1 aromatic carbocycles. The second-order valence-corrected chi connectivity index (χ2v) is 6.07. The molecule has 0 heterocycles. The van der Waals surface area contributed by atoms with Gasteiger partial charge >= 0.3 is 5.97 Å². The molecule has 1 atom stereocenters. The van der Waals surface area contributed by atoms with E-state index in [0.29, 0.717) is 5.56 Å². The third-order valence-electron chi connectivity index (χ3n) is 2.04. The number of hydrogen-bond donors (Lipinski definition) is 0. The first-order chi connectivity index (χ1) is 8.30. The molecule has 0 aromatic heterocycles. The molecular formula is C12H11Cl3O3. The Kier molecular flexibility index (Phi) is 5.45. The highest BCUT2D eigenvalue weighted by Crippen LogP contribution is 2.42. The van der Waals surface area contributed by atoms with E-state index in [1.54, 1.807) is 30.3 Å². The first kappa shape index (κ1) is 15.3. The van der Waals surface area contributed by atoms with Gasteiger partial charge in [0.15, 0.2) is 6.10 Å². The van der Waals surface area contributed by atoms with E-state index < -0.39 is 15.9 Å². The minimum Gasteiger partial charge on any atom is -0.453 e. The normalized spacial score (nSPS) is 12.9. The average Bonchev–Trinajstić information content (AvgIpc) is 2.24. The number of ether oxygens (including phenoxy) is 1. The molecule has 0 aliphatic carbocycles. The molecule has 0 N–H and O–H groups in total. The Bertz CT molecular complexity index is 426. The lowest BCUT2D eigenvalue weighted by molar-refractivity contribution is -0.150. The lowest BCUT2D eigenvalue weighted by Gasteiger charge is -2.24. The number of carbonyl (C=O) groups is 2. The summed E-state index contributed by atoms with van der Waals surface area (Å²) in [6.07, 6.45) is -1.39. The molecule has 0 aliphatic rings. The fourth-order valence-corrected chi connectivity index (χ4v) is 1.84. The van der Waals surface area contributed by atoms with E-state index in [4.69, 9.17) is 39.5 Å². The van der Waals surface area contributed by atoms with Crippen molar-refractivity contribution in [3.63, 3.8) is 0 Å². The molecule has 0 radical (unpaired) electrons. The van der Waals surface area contributed by atoms with Crippen molar-refractivity contribution in [2.24, 2.45) is 0 Å². The number of hydrogen-bond acceptors (Lipinski definition) is 3. The molecule has 0 aliphatic heterocycles. The molecule has 0 unspecified atom stereocenters. The molecule has 18 heavy (non-hydrogen) atoms. The quantitative estimate of drug-likeness (QED) is 0.485. The van der Waals surface area contributed by atoms with Crippen molar-refractivity contribution in [1.82, 2.24) is 0 Å². The molecule has 0 bridgehead atoms. The number of esters is 1. The Morgan fingerprint density at radius 2 is 1.78 bits per heavy atom. The SMILES string of the molecule is CC(=O)CC(=O)O[C@@H](c1ccccc1)C(Cl)(Cl)Cl. The Hall–Kier alpha value is -0.770. The largest absolute Gasteiger partial charge is 0.453 e. The summed E-state index contributed by atoms with van der Waals surface area (Å²) in [5.74, 6) is -1.03. The van der Waals surface area contributed by atoms with E-state index in [1.165, 1.54) is 6.92 Å². The summed E-state index contributed by atoms with van der Waals surface area (Å²) in [7, 11) is 0. The Morgan fingerprint density at radius 1 is 1.22 bits per heavy atom. The van der Waals surface area contributed by atoms with Gasteiger partial charge in [0, 0.05) is 0 Å². The molecule has 1 aromatic rings. The molecule has 6 heteroatoms. The van der Waals surface area contributed by atoms with E-state index in [1.807, 2.05) is 0 Å². The molecule has 0 fully saturated rings. The van der Waals surface area contributed by atoms with Gasteiger partial charge in [0.2, 0.25) is 3.79 Å². The summed E-state index contributed by atoms with van der Waals surface area (Å²) in [5.41, 5.74) is 0.550. The van der Waals surface area contributed by atoms with Crippen LogP contribution >= 0.6 is 34.8 Å². The molecule has 0 saturated heterocycles. The fraction of sp³-hybridized carbons (Fsp3) is 0.333. The third-order valence-corrected chi connectivity index (χ3v) is 2.64. The van der Waals surface area contributed by atoms with Crippen LogP contribution in [0.25, 0.3) is 0 Å². The van der Waals surface area contributed by atoms with Crippen molar-refractivity contribution in [3.8, 4) is 0 Å². The van der Waals surface area contributed by atoms with E-state index in [-0.39, 0.29) is 12.2 Å². The van der Waals surface area contributed by atoms with Crippen molar-refractivity contribution in [2.75, 3.05) is 0 Å². The van der Waals surface area contributed by atoms with Crippen LogP contribution in [0.2, 0.25) is 0 Å². The lowest BCUT2D eigenvalue weighted by Crippen LogP contribution is -2.24. The van der Waals surface area contributed by atoms with Crippen LogP contribution in [0.3, 0.4) is 0 Å². The molecule has 0 spiro atoms. The number of carbonyl (C=O) groups excluding carboxylic acids is 2. The Labute approximate surface area is 120 Å². The molecule has 0 amide bonds. The van der Waals surface area contributed by atoms with Gasteiger partial charge in [0.25, 0.3) is 0 Å². The number of Topliss-reactive ketones (excluding diaryl/α,β-unsaturated/α-hetero) is 1. The molecule has 0 saturated carbocycles. The summed E-state index contributed by atoms with van der Waals surface area (Å²) in [6, 6.07) is 8.60. The number of halogens is 3. The van der Waals surface area contributed by atoms with Gasteiger partial charge in [-0.2, -0.15) is 0 Å². The maximum Gasteiger partial charge on any atom is 0.314 e. The first-order valence-corrected chi connectivity index (χ1v) is 6.24. The second-order valence-electron chi connectivity index (χ2n) is 3.70. The number of rotatable bonds is 4. The van der Waals surface area contributed by atoms with Crippen LogP contribution in [-0.2, 0) is 14.3 Å². The third kappa shape index (κ3) is 4.84. The van der Waals surface area contributed by atoms with Crippen molar-refractivity contribution in [1.29, 1.82) is 0 Å². The molecule has 3 nitrogen and oxygen atoms in total. The van der Waals surface area contributed by atoms with E-state index >= 15 is 0 Å². The zero-order valence-electron chi connectivity index (χ0n) is 9.53. The summed E-state index contributed by atoms with van der Waals surface area (Å²) in [5, 5.41) is 0. The lowest BCUT2D eigenvalue weighted by atomic mass is 10.1. The van der Waals surface area contributed by atoms with Crippen LogP contribution in [-0.4, -0.2) is 15.5 Å². The Morgan fingerprint density at radius 3 is 2.22 bits per heavy atom. The monoisotopic (exact) mass is 308 g/mol. The Balaban J connectivity index is 2.88. The zero-order chi connectivity index (χ0) is 13.8. The van der Waals surface area contributed by atoms with Gasteiger partial charge in [-0.1, -0.05) is 65.1 Å². The van der Waals surface area contributed by atoms with Gasteiger partial charge in [0.1, 0.15) is 12.2 Å². The predicted molar refractivity (Wildman–Crippen MR) is 70.9 cm³/mol. The summed E-state index contributed by atoms with van der Waals surface area (Å²) in [4.78, 5) is 22.3. The van der Waals surface area contributed by atoms with Crippen molar-refractivity contribution < 1.29 is 14.3 Å². The molecular weight excluding hydrogens is 298 g/mol. The molecule has 98 valence electrons. The van der Waals surface area contributed by atoms with Crippen LogP contribution in [0.15, 0.2) is 30.3 Å². The van der Waals surface area contributed by atoms with Gasteiger partial charge < -0.3 is 4.74 Å². The van der Waals surface area contributed by atoms with E-state index in [0.717, 1.165) is 0 Å². The van der Waals surface area contributed by atoms with Gasteiger partial charge in [-0.05, 0) is 12.5 Å².